The average Bonchev–Trinajstić information content (AvgIpc) is 1.66. The molecule has 0 aliphatic rings. The molecule has 0 saturated carbocycles. The summed E-state index contributed by atoms with van der Waals surface area (Å²) in [6.45, 7) is 1.52. The van der Waals surface area contributed by atoms with Crippen LogP contribution in [0.4, 0.5) is 0 Å². The van der Waals surface area contributed by atoms with Crippen LogP contribution in [0.3, 0.4) is 0 Å². The van der Waals surface area contributed by atoms with Crippen LogP contribution in [0.1, 0.15) is 64.2 Å². The zero-order valence-corrected chi connectivity index (χ0v) is 62.1. The van der Waals surface area contributed by atoms with Gasteiger partial charge in [-0.2, -0.15) is 20.4 Å². The van der Waals surface area contributed by atoms with Crippen molar-refractivity contribution in [3.8, 4) is 22.3 Å². The summed E-state index contributed by atoms with van der Waals surface area (Å²) in [6, 6.07) is 65.5. The number of aromatic carboxylic acids is 4. The maximum Gasteiger partial charge on any atom is 0.357 e. The first-order valence-corrected chi connectivity index (χ1v) is 35.3. The van der Waals surface area contributed by atoms with Gasteiger partial charge in [-0.3, -0.25) is 38.7 Å². The molecular formula is C80H56Cl8N12O8. The minimum Gasteiger partial charge on any atom is -0.476 e. The second kappa shape index (κ2) is 36.6. The Balaban J connectivity index is 0.000000131. The highest BCUT2D eigenvalue weighted by atomic mass is 35.5. The molecule has 16 rings (SSSR count). The van der Waals surface area contributed by atoms with Crippen molar-refractivity contribution in [3.05, 3.63) is 353 Å². The highest BCUT2D eigenvalue weighted by Crippen LogP contribution is 2.31. The molecule has 8 aromatic heterocycles. The predicted octanol–water partition coefficient (Wildman–Crippen LogP) is 20.6. The number of carboxylic acids is 4. The molecule has 0 bridgehead atoms. The second-order valence-corrected chi connectivity index (χ2v) is 26.6. The largest absolute Gasteiger partial charge is 0.476 e. The minimum atomic E-state index is -1.05. The van der Waals surface area contributed by atoms with E-state index in [1.165, 1.54) is 22.3 Å². The fourth-order valence-corrected chi connectivity index (χ4v) is 12.9. The Labute approximate surface area is 655 Å². The van der Waals surface area contributed by atoms with E-state index in [1.807, 2.05) is 121 Å². The van der Waals surface area contributed by atoms with Gasteiger partial charge < -0.3 is 20.4 Å². The van der Waals surface area contributed by atoms with Crippen molar-refractivity contribution >= 4 is 160 Å². The fraction of sp³-hybridized carbons (Fsp3) is 0.0500. The SMILES string of the molecule is O=C(O)c1nn(Cc2ccc(Cl)cc2Cl)c2ccccc12.O=C(O)c1nn(Cc2ccc(Cl)cc2Cl)c2ccccc12.O=C(O)c1nn(Cc2ccc(Cl)cc2Cl)c2ccccc12.O=C(O)c1nn(Cc2ccc(Cl)cc2Cl)c2ccccc12.c1cc(-c2ccncc2)ccn1.c1cc(-c2ccncc2)ccn1. The number of fused-ring (bicyclic) bond motifs is 4. The van der Waals surface area contributed by atoms with Gasteiger partial charge in [-0.1, -0.05) is 190 Å². The van der Waals surface area contributed by atoms with E-state index in [4.69, 9.17) is 92.8 Å². The number of pyridine rings is 4. The van der Waals surface area contributed by atoms with Crippen molar-refractivity contribution in [2.24, 2.45) is 0 Å². The maximum absolute atomic E-state index is 11.3. The average molecular weight is 1600 g/mol. The second-order valence-electron chi connectivity index (χ2n) is 23.2. The summed E-state index contributed by atoms with van der Waals surface area (Å²) in [5.41, 5.74) is 11.1. The molecule has 16 aromatic rings. The van der Waals surface area contributed by atoms with E-state index in [0.29, 0.717) is 87.9 Å². The standard InChI is InChI=1S/4C15H10Cl2N2O2.2C10H8N2/c4*16-10-6-5-9(12(17)7-10)8-19-13-4-2-1-3-11(13)14(18-19)15(20)21;2*1-5-11-6-2-9(1)10-3-7-12-8-4-10/h4*1-7H,8H2,(H,20,21);2*1-8H. The summed E-state index contributed by atoms with van der Waals surface area (Å²) in [6.07, 6.45) is 14.3. The number of halogens is 8. The molecule has 8 heterocycles. The van der Waals surface area contributed by atoms with E-state index in [2.05, 4.69) is 40.3 Å². The van der Waals surface area contributed by atoms with Gasteiger partial charge in [-0.05, 0) is 166 Å². The molecule has 0 fully saturated rings. The third-order valence-corrected chi connectivity index (χ3v) is 18.5. The molecule has 0 saturated heterocycles. The lowest BCUT2D eigenvalue weighted by Gasteiger charge is -2.06. The van der Waals surface area contributed by atoms with E-state index in [-0.39, 0.29) is 22.8 Å². The Bertz CT molecular complexity index is 5160. The van der Waals surface area contributed by atoms with E-state index >= 15 is 0 Å². The molecule has 0 unspecified atom stereocenters. The predicted molar refractivity (Wildman–Crippen MR) is 424 cm³/mol. The number of para-hydroxylation sites is 4. The monoisotopic (exact) mass is 1590 g/mol. The Morgan fingerprint density at radius 1 is 0.259 bits per heavy atom. The van der Waals surface area contributed by atoms with Crippen molar-refractivity contribution in [1.82, 2.24) is 59.1 Å². The third kappa shape index (κ3) is 19.7. The van der Waals surface area contributed by atoms with Crippen molar-refractivity contribution < 1.29 is 39.6 Å². The summed E-state index contributed by atoms with van der Waals surface area (Å²) in [5.74, 6) is -4.20. The van der Waals surface area contributed by atoms with Crippen LogP contribution < -0.4 is 0 Å². The number of hydrogen-bond acceptors (Lipinski definition) is 12. The number of carboxylic acid groups (broad SMARTS) is 4. The molecule has 0 aliphatic carbocycles. The van der Waals surface area contributed by atoms with Gasteiger partial charge in [0.15, 0.2) is 22.8 Å². The van der Waals surface area contributed by atoms with Gasteiger partial charge in [0.05, 0.1) is 48.2 Å². The highest BCUT2D eigenvalue weighted by Gasteiger charge is 2.21. The quantitative estimate of drug-likeness (QED) is 0.0788. The number of carbonyl (C=O) groups is 4. The van der Waals surface area contributed by atoms with Gasteiger partial charge in [0.25, 0.3) is 0 Å². The number of aromatic nitrogens is 12. The number of nitrogens with zero attached hydrogens (tertiary/aromatic N) is 12. The van der Waals surface area contributed by atoms with E-state index < -0.39 is 23.9 Å². The fourth-order valence-electron chi connectivity index (χ4n) is 11.0. The van der Waals surface area contributed by atoms with Crippen LogP contribution in [0, 0.1) is 0 Å². The smallest absolute Gasteiger partial charge is 0.357 e. The molecule has 0 aliphatic heterocycles. The molecule has 108 heavy (non-hydrogen) atoms. The van der Waals surface area contributed by atoms with Gasteiger partial charge in [0, 0.05) is 111 Å². The lowest BCUT2D eigenvalue weighted by atomic mass is 10.1. The summed E-state index contributed by atoms with van der Waals surface area (Å²) in [5, 5.41) is 60.4. The maximum atomic E-state index is 11.3. The number of hydrogen-bond donors (Lipinski definition) is 4. The van der Waals surface area contributed by atoms with E-state index in [0.717, 1.165) is 44.3 Å². The minimum absolute atomic E-state index is 0.0377. The van der Waals surface area contributed by atoms with E-state index in [1.54, 1.807) is 165 Å². The number of benzene rings is 8. The molecule has 8 aromatic carbocycles. The van der Waals surface area contributed by atoms with Crippen molar-refractivity contribution in [2.45, 2.75) is 26.2 Å². The van der Waals surface area contributed by atoms with E-state index in [9.17, 15) is 39.6 Å². The zero-order chi connectivity index (χ0) is 76.4. The summed E-state index contributed by atoms with van der Waals surface area (Å²) in [4.78, 5) is 60.9. The lowest BCUT2D eigenvalue weighted by molar-refractivity contribution is 0.0681. The molecule has 20 nitrogen and oxygen atoms in total. The normalized spacial score (nSPS) is 10.7. The first-order chi connectivity index (χ1) is 52.2. The summed E-state index contributed by atoms with van der Waals surface area (Å²) < 4.78 is 6.53. The molecular weight excluding hydrogens is 1540 g/mol. The molecule has 540 valence electrons. The van der Waals surface area contributed by atoms with Crippen LogP contribution >= 0.6 is 92.8 Å². The molecule has 28 heteroatoms. The van der Waals surface area contributed by atoms with Crippen LogP contribution in [0.15, 0.2) is 268 Å². The van der Waals surface area contributed by atoms with Crippen LogP contribution in [0.25, 0.3) is 65.9 Å². The van der Waals surface area contributed by atoms with Gasteiger partial charge in [-0.15, -0.1) is 0 Å². The topological polar surface area (TPSA) is 272 Å². The van der Waals surface area contributed by atoms with Crippen LogP contribution in [0.5, 0.6) is 0 Å². The zero-order valence-electron chi connectivity index (χ0n) is 56.0. The van der Waals surface area contributed by atoms with Crippen LogP contribution in [0.2, 0.25) is 40.2 Å². The first kappa shape index (κ1) is 77.5. The Hall–Kier alpha value is -11.6. The Kier molecular flexibility index (Phi) is 26.3. The molecule has 4 N–H and O–H groups in total. The van der Waals surface area contributed by atoms with Crippen molar-refractivity contribution in [3.63, 3.8) is 0 Å². The van der Waals surface area contributed by atoms with Gasteiger partial charge >= 0.3 is 23.9 Å². The molecule has 0 spiro atoms. The summed E-state index contributed by atoms with van der Waals surface area (Å²) >= 11 is 48.1. The molecule has 0 atom stereocenters. The van der Waals surface area contributed by atoms with Gasteiger partial charge in [-0.25, -0.2) is 19.2 Å². The molecule has 0 amide bonds. The first-order valence-electron chi connectivity index (χ1n) is 32.3. The highest BCUT2D eigenvalue weighted by molar-refractivity contribution is 6.37. The lowest BCUT2D eigenvalue weighted by Crippen LogP contribution is -2.05. The Morgan fingerprint density at radius 2 is 0.444 bits per heavy atom. The van der Waals surface area contributed by atoms with Gasteiger partial charge in [0.1, 0.15) is 0 Å². The van der Waals surface area contributed by atoms with Crippen molar-refractivity contribution in [2.75, 3.05) is 0 Å². The van der Waals surface area contributed by atoms with Crippen molar-refractivity contribution in [1.29, 1.82) is 0 Å². The van der Waals surface area contributed by atoms with Crippen LogP contribution in [-0.4, -0.2) is 103 Å². The third-order valence-electron chi connectivity index (χ3n) is 16.2. The number of rotatable bonds is 14. The Morgan fingerprint density at radius 3 is 0.620 bits per heavy atom. The molecule has 0 radical (unpaired) electrons. The van der Waals surface area contributed by atoms with Gasteiger partial charge in [0.2, 0.25) is 0 Å². The van der Waals surface area contributed by atoms with Crippen LogP contribution in [-0.2, 0) is 26.2 Å². The summed E-state index contributed by atoms with van der Waals surface area (Å²) in [7, 11) is 0.